The Bertz CT molecular complexity index is 1900. The van der Waals surface area contributed by atoms with Crippen molar-refractivity contribution in [3.63, 3.8) is 0 Å². The molecule has 9 nitrogen and oxygen atoms in total. The van der Waals surface area contributed by atoms with Crippen molar-refractivity contribution in [1.29, 1.82) is 0 Å². The van der Waals surface area contributed by atoms with Gasteiger partial charge in [0.15, 0.2) is 16.9 Å². The standard InChI is InChI=1S/C36H37N3O6/c1-42-30-10-5-9-29-35(30)38-34-24(7-4-8-28(34)36(29)41)21-33(40)37-26-11-13-27(14-12-26)45-18-6-16-39-17-15-23-19-31(43-2)32(44-3)20-25(23)22-39/h4-5,7-14,19-20H,6,15-18,21-22H2,1-3H3,(H,37,40)(H,38,41). The molecule has 45 heavy (non-hydrogen) atoms. The Kier molecular flexibility index (Phi) is 8.89. The van der Waals surface area contributed by atoms with Gasteiger partial charge in [0.1, 0.15) is 11.5 Å². The molecule has 1 amide bonds. The van der Waals surface area contributed by atoms with Crippen LogP contribution in [-0.2, 0) is 24.2 Å². The van der Waals surface area contributed by atoms with Gasteiger partial charge < -0.3 is 29.2 Å². The molecule has 1 aliphatic rings. The van der Waals surface area contributed by atoms with Crippen molar-refractivity contribution in [2.75, 3.05) is 46.3 Å². The van der Waals surface area contributed by atoms with Crippen molar-refractivity contribution in [1.82, 2.24) is 9.88 Å². The van der Waals surface area contributed by atoms with E-state index in [1.807, 2.05) is 30.3 Å². The number of ether oxygens (including phenoxy) is 4. The number of carbonyl (C=O) groups excluding carboxylic acids is 1. The van der Waals surface area contributed by atoms with Crippen molar-refractivity contribution in [3.8, 4) is 23.0 Å². The number of amides is 1. The van der Waals surface area contributed by atoms with Crippen LogP contribution in [0.5, 0.6) is 23.0 Å². The molecule has 1 aliphatic heterocycles. The molecule has 0 bridgehead atoms. The van der Waals surface area contributed by atoms with E-state index in [0.29, 0.717) is 39.8 Å². The van der Waals surface area contributed by atoms with E-state index in [-0.39, 0.29) is 17.8 Å². The van der Waals surface area contributed by atoms with Crippen molar-refractivity contribution in [2.24, 2.45) is 0 Å². The maximum Gasteiger partial charge on any atom is 0.228 e. The molecule has 9 heteroatoms. The van der Waals surface area contributed by atoms with E-state index in [1.165, 1.54) is 11.1 Å². The van der Waals surface area contributed by atoms with Gasteiger partial charge in [-0.2, -0.15) is 0 Å². The number of rotatable bonds is 11. The van der Waals surface area contributed by atoms with E-state index in [4.69, 9.17) is 18.9 Å². The number of anilines is 1. The molecule has 0 radical (unpaired) electrons. The van der Waals surface area contributed by atoms with E-state index in [2.05, 4.69) is 27.3 Å². The second-order valence-corrected chi connectivity index (χ2v) is 11.1. The molecule has 2 heterocycles. The monoisotopic (exact) mass is 607 g/mol. The highest BCUT2D eigenvalue weighted by atomic mass is 16.5. The van der Waals surface area contributed by atoms with Crippen LogP contribution in [0.4, 0.5) is 5.69 Å². The molecule has 6 rings (SSSR count). The Morgan fingerprint density at radius 1 is 0.844 bits per heavy atom. The molecule has 4 aromatic carbocycles. The van der Waals surface area contributed by atoms with Gasteiger partial charge in [-0.05, 0) is 84.1 Å². The van der Waals surface area contributed by atoms with Crippen molar-refractivity contribution >= 4 is 33.4 Å². The lowest BCUT2D eigenvalue weighted by atomic mass is 9.98. The van der Waals surface area contributed by atoms with Crippen LogP contribution >= 0.6 is 0 Å². The number of methoxy groups -OCH3 is 3. The van der Waals surface area contributed by atoms with Gasteiger partial charge >= 0.3 is 0 Å². The summed E-state index contributed by atoms with van der Waals surface area (Å²) in [4.78, 5) is 32.0. The molecule has 0 atom stereocenters. The lowest BCUT2D eigenvalue weighted by molar-refractivity contribution is -0.115. The summed E-state index contributed by atoms with van der Waals surface area (Å²) in [6, 6.07) is 22.4. The minimum absolute atomic E-state index is 0.0986. The number of fused-ring (bicyclic) bond motifs is 3. The number of benzene rings is 4. The van der Waals surface area contributed by atoms with Crippen LogP contribution in [-0.4, -0.2) is 56.8 Å². The highest BCUT2D eigenvalue weighted by molar-refractivity contribution is 5.99. The Morgan fingerprint density at radius 2 is 1.53 bits per heavy atom. The molecule has 2 N–H and O–H groups in total. The van der Waals surface area contributed by atoms with Gasteiger partial charge in [-0.25, -0.2) is 0 Å². The Morgan fingerprint density at radius 3 is 2.27 bits per heavy atom. The molecule has 0 saturated heterocycles. The molecule has 5 aromatic rings. The normalized spacial score (nSPS) is 13.0. The van der Waals surface area contributed by atoms with E-state index >= 15 is 0 Å². The molecular formula is C36H37N3O6. The highest BCUT2D eigenvalue weighted by Crippen LogP contribution is 2.33. The number of carbonyl (C=O) groups is 1. The van der Waals surface area contributed by atoms with E-state index in [1.54, 1.807) is 51.7 Å². The molecular weight excluding hydrogens is 570 g/mol. The van der Waals surface area contributed by atoms with Crippen LogP contribution in [0.2, 0.25) is 0 Å². The van der Waals surface area contributed by atoms with Gasteiger partial charge in [-0.3, -0.25) is 14.5 Å². The quantitative estimate of drug-likeness (QED) is 0.146. The number of pyridine rings is 1. The fourth-order valence-electron chi connectivity index (χ4n) is 6.00. The number of hydrogen-bond acceptors (Lipinski definition) is 7. The van der Waals surface area contributed by atoms with E-state index in [9.17, 15) is 9.59 Å². The Balaban J connectivity index is 1.02. The fraction of sp³-hybridized carbons (Fsp3) is 0.278. The molecule has 0 fully saturated rings. The van der Waals surface area contributed by atoms with E-state index in [0.717, 1.165) is 55.3 Å². The topological polar surface area (TPSA) is 102 Å². The van der Waals surface area contributed by atoms with Gasteiger partial charge in [0.05, 0.1) is 45.4 Å². The average molecular weight is 608 g/mol. The first kappa shape index (κ1) is 30.0. The molecule has 0 saturated carbocycles. The number of nitrogens with one attached hydrogen (secondary N) is 2. The van der Waals surface area contributed by atoms with Crippen molar-refractivity contribution < 1.29 is 23.7 Å². The molecule has 0 aliphatic carbocycles. The molecule has 0 unspecified atom stereocenters. The highest BCUT2D eigenvalue weighted by Gasteiger charge is 2.19. The summed E-state index contributed by atoms with van der Waals surface area (Å²) in [7, 11) is 4.90. The molecule has 232 valence electrons. The summed E-state index contributed by atoms with van der Waals surface area (Å²) < 4.78 is 22.4. The van der Waals surface area contributed by atoms with Crippen LogP contribution in [0, 0.1) is 0 Å². The number of hydrogen-bond donors (Lipinski definition) is 2. The second kappa shape index (κ2) is 13.3. The maximum absolute atomic E-state index is 13.2. The lowest BCUT2D eigenvalue weighted by Crippen LogP contribution is -2.32. The van der Waals surface area contributed by atoms with Crippen LogP contribution < -0.4 is 29.7 Å². The Hall–Kier alpha value is -5.02. The zero-order valence-electron chi connectivity index (χ0n) is 25.8. The summed E-state index contributed by atoms with van der Waals surface area (Å²) in [5.41, 5.74) is 5.14. The summed E-state index contributed by atoms with van der Waals surface area (Å²) in [5.74, 6) is 2.69. The van der Waals surface area contributed by atoms with E-state index < -0.39 is 0 Å². The smallest absolute Gasteiger partial charge is 0.228 e. The fourth-order valence-corrected chi connectivity index (χ4v) is 6.00. The number of para-hydroxylation sites is 2. The summed E-state index contributed by atoms with van der Waals surface area (Å²) in [5, 5.41) is 4.04. The molecule has 0 spiro atoms. The lowest BCUT2D eigenvalue weighted by Gasteiger charge is -2.29. The SMILES string of the molecule is COc1cc2c(cc1OC)CN(CCCOc1ccc(NC(=O)Cc3cccc4c(=O)c5cccc(OC)c5[nH]c34)cc1)CC2. The number of nitrogens with zero attached hydrogens (tertiary/aromatic N) is 1. The van der Waals surface area contributed by atoms with Crippen LogP contribution in [0.25, 0.3) is 21.8 Å². The third-order valence-electron chi connectivity index (χ3n) is 8.31. The van der Waals surface area contributed by atoms with Crippen LogP contribution in [0.15, 0.2) is 77.6 Å². The van der Waals surface area contributed by atoms with Crippen molar-refractivity contribution in [3.05, 3.63) is 99.7 Å². The predicted octanol–water partition coefficient (Wildman–Crippen LogP) is 5.72. The third-order valence-corrected chi connectivity index (χ3v) is 8.31. The summed E-state index contributed by atoms with van der Waals surface area (Å²) in [6.07, 6.45) is 1.98. The number of H-pyrrole nitrogens is 1. The largest absolute Gasteiger partial charge is 0.495 e. The third kappa shape index (κ3) is 6.44. The maximum atomic E-state index is 13.2. The summed E-state index contributed by atoms with van der Waals surface area (Å²) >= 11 is 0. The minimum atomic E-state index is -0.184. The van der Waals surface area contributed by atoms with Crippen molar-refractivity contribution in [2.45, 2.75) is 25.8 Å². The molecule has 1 aromatic heterocycles. The van der Waals surface area contributed by atoms with Gasteiger partial charge in [0.2, 0.25) is 5.91 Å². The zero-order chi connectivity index (χ0) is 31.3. The second-order valence-electron chi connectivity index (χ2n) is 11.1. The zero-order valence-corrected chi connectivity index (χ0v) is 25.8. The first-order valence-corrected chi connectivity index (χ1v) is 15.1. The predicted molar refractivity (Wildman–Crippen MR) is 176 cm³/mol. The van der Waals surface area contributed by atoms with Gasteiger partial charge in [0, 0.05) is 36.1 Å². The van der Waals surface area contributed by atoms with Gasteiger partial charge in [-0.15, -0.1) is 0 Å². The first-order valence-electron chi connectivity index (χ1n) is 15.1. The summed E-state index contributed by atoms with van der Waals surface area (Å²) in [6.45, 7) is 3.41. The van der Waals surface area contributed by atoms with Crippen LogP contribution in [0.3, 0.4) is 0 Å². The minimum Gasteiger partial charge on any atom is -0.495 e. The number of aromatic amines is 1. The average Bonchev–Trinajstić information content (AvgIpc) is 3.07. The van der Waals surface area contributed by atoms with Gasteiger partial charge in [-0.1, -0.05) is 18.2 Å². The van der Waals surface area contributed by atoms with Crippen LogP contribution in [0.1, 0.15) is 23.1 Å². The number of aromatic nitrogens is 1. The first-order chi connectivity index (χ1) is 22.0. The van der Waals surface area contributed by atoms with Gasteiger partial charge in [0.25, 0.3) is 0 Å². The Labute approximate surface area is 261 Å².